The Morgan fingerprint density at radius 3 is 2.94 bits per heavy atom. The first-order chi connectivity index (χ1) is 15.5. The first-order valence-electron chi connectivity index (χ1n) is 10.9. The van der Waals surface area contributed by atoms with Gasteiger partial charge in [-0.15, -0.1) is 0 Å². The molecule has 0 aliphatic heterocycles. The summed E-state index contributed by atoms with van der Waals surface area (Å²) in [7, 11) is 1.69. The van der Waals surface area contributed by atoms with Crippen molar-refractivity contribution in [3.8, 4) is 0 Å². The average molecular weight is 453 g/mol. The quantitative estimate of drug-likeness (QED) is 0.492. The molecule has 1 atom stereocenters. The summed E-state index contributed by atoms with van der Waals surface area (Å²) in [6.07, 6.45) is 7.11. The summed E-state index contributed by atoms with van der Waals surface area (Å²) in [5.41, 5.74) is 3.81. The summed E-state index contributed by atoms with van der Waals surface area (Å²) < 4.78 is 13.0. The maximum Gasteiger partial charge on any atom is 0.412 e. The molecule has 1 aliphatic rings. The number of methoxy groups -OCH3 is 1. The fourth-order valence-corrected chi connectivity index (χ4v) is 4.85. The molecule has 7 nitrogen and oxygen atoms in total. The molecule has 4 rings (SSSR count). The molecule has 1 aromatic carbocycles. The molecule has 2 aromatic heterocycles. The molecule has 0 saturated heterocycles. The molecule has 1 amide bonds. The van der Waals surface area contributed by atoms with Crippen LogP contribution in [0.2, 0.25) is 0 Å². The van der Waals surface area contributed by atoms with Gasteiger partial charge in [-0.3, -0.25) is 10.00 Å². The zero-order valence-electron chi connectivity index (χ0n) is 18.8. The van der Waals surface area contributed by atoms with Gasteiger partial charge in [0.2, 0.25) is 0 Å². The van der Waals surface area contributed by atoms with E-state index in [0.717, 1.165) is 51.5 Å². The molecule has 0 saturated carbocycles. The number of hydrogen-bond donors (Lipinski definition) is 1. The molecule has 3 aromatic rings. The van der Waals surface area contributed by atoms with Gasteiger partial charge in [-0.25, -0.2) is 9.78 Å². The predicted molar refractivity (Wildman–Crippen MR) is 128 cm³/mol. The maximum absolute atomic E-state index is 12.5. The molecule has 0 radical (unpaired) electrons. The minimum Gasteiger partial charge on any atom is -0.500 e. The number of anilines is 1. The zero-order chi connectivity index (χ0) is 22.7. The molecule has 32 heavy (non-hydrogen) atoms. The van der Waals surface area contributed by atoms with Crippen LogP contribution >= 0.6 is 11.3 Å². The van der Waals surface area contributed by atoms with E-state index in [1.165, 1.54) is 11.3 Å². The Kier molecular flexibility index (Phi) is 6.60. The number of thiazole rings is 1. The number of hydrogen-bond acceptors (Lipinski definition) is 6. The van der Waals surface area contributed by atoms with Gasteiger partial charge in [-0.1, -0.05) is 43.4 Å². The van der Waals surface area contributed by atoms with Crippen LogP contribution in [0.3, 0.4) is 0 Å². The average Bonchev–Trinajstić information content (AvgIpc) is 3.40. The van der Waals surface area contributed by atoms with Crippen molar-refractivity contribution in [1.82, 2.24) is 14.8 Å². The van der Waals surface area contributed by atoms with E-state index >= 15 is 0 Å². The van der Waals surface area contributed by atoms with Crippen LogP contribution in [0, 0.1) is 5.92 Å². The Balaban J connectivity index is 1.45. The fraction of sp³-hybridized carbons (Fsp3) is 0.375. The highest BCUT2D eigenvalue weighted by molar-refractivity contribution is 7.17. The minimum atomic E-state index is -0.493. The number of carbonyl (C=O) groups is 1. The number of fused-ring (bicyclic) bond motifs is 1. The normalized spacial score (nSPS) is 15.9. The lowest BCUT2D eigenvalue weighted by Crippen LogP contribution is -2.13. The van der Waals surface area contributed by atoms with Crippen LogP contribution in [0.4, 0.5) is 9.80 Å². The summed E-state index contributed by atoms with van der Waals surface area (Å²) >= 11 is 1.44. The summed E-state index contributed by atoms with van der Waals surface area (Å²) in [5, 5.41) is 9.82. The number of allylic oxidation sites excluding steroid dienone is 4. The molecule has 8 heteroatoms. The van der Waals surface area contributed by atoms with Gasteiger partial charge < -0.3 is 9.47 Å². The SMILES string of the molecule is CCc1nc(C2=C(OC)CC(C)C=C2)sc1NC(=O)OCc1ccc2c(cnn2CC)c1. The molecular weight excluding hydrogens is 424 g/mol. The Hall–Kier alpha value is -3.13. The van der Waals surface area contributed by atoms with Gasteiger partial charge in [0.1, 0.15) is 22.4 Å². The molecule has 0 fully saturated rings. The number of aromatic nitrogens is 3. The van der Waals surface area contributed by atoms with Crippen LogP contribution in [0.25, 0.3) is 16.5 Å². The molecule has 0 bridgehead atoms. The van der Waals surface area contributed by atoms with Crippen molar-refractivity contribution in [1.29, 1.82) is 0 Å². The standard InChI is InChI=1S/C24H28N4O3S/c1-5-19-23(32-22(26-19)18-9-7-15(3)11-21(18)30-4)27-24(29)31-14-16-8-10-20-17(12-16)13-25-28(20)6-2/h7-10,12-13,15H,5-6,11,14H2,1-4H3,(H,27,29). The van der Waals surface area contributed by atoms with Gasteiger partial charge in [0, 0.05) is 23.9 Å². The second kappa shape index (κ2) is 9.56. The van der Waals surface area contributed by atoms with Crippen molar-refractivity contribution in [3.63, 3.8) is 0 Å². The Labute approximate surface area is 191 Å². The van der Waals surface area contributed by atoms with Crippen LogP contribution in [0.5, 0.6) is 0 Å². The molecule has 1 unspecified atom stereocenters. The first-order valence-corrected chi connectivity index (χ1v) is 11.7. The van der Waals surface area contributed by atoms with Crippen molar-refractivity contribution in [2.75, 3.05) is 12.4 Å². The van der Waals surface area contributed by atoms with Gasteiger partial charge >= 0.3 is 6.09 Å². The second-order valence-corrected chi connectivity index (χ2v) is 8.78. The van der Waals surface area contributed by atoms with Crippen molar-refractivity contribution in [3.05, 3.63) is 58.6 Å². The number of carbonyl (C=O) groups excluding carboxylic acids is 1. The first kappa shape index (κ1) is 22.1. The number of aryl methyl sites for hydroxylation is 2. The molecule has 1 aliphatic carbocycles. The van der Waals surface area contributed by atoms with E-state index < -0.39 is 6.09 Å². The van der Waals surface area contributed by atoms with Crippen LogP contribution in [-0.2, 0) is 29.0 Å². The third-order valence-corrected chi connectivity index (χ3v) is 6.55. The number of amides is 1. The summed E-state index contributed by atoms with van der Waals surface area (Å²) in [5.74, 6) is 1.36. The van der Waals surface area contributed by atoms with E-state index in [1.54, 1.807) is 7.11 Å². The van der Waals surface area contributed by atoms with E-state index in [2.05, 4.69) is 36.4 Å². The molecule has 2 heterocycles. The van der Waals surface area contributed by atoms with E-state index in [0.29, 0.717) is 17.3 Å². The van der Waals surface area contributed by atoms with Crippen molar-refractivity contribution in [2.24, 2.45) is 5.92 Å². The predicted octanol–water partition coefficient (Wildman–Crippen LogP) is 5.78. The maximum atomic E-state index is 12.5. The number of rotatable bonds is 7. The Morgan fingerprint density at radius 1 is 1.34 bits per heavy atom. The van der Waals surface area contributed by atoms with Gasteiger partial charge in [0.05, 0.1) is 24.5 Å². The second-order valence-electron chi connectivity index (χ2n) is 7.78. The highest BCUT2D eigenvalue weighted by Crippen LogP contribution is 2.36. The van der Waals surface area contributed by atoms with Gasteiger partial charge in [0.25, 0.3) is 0 Å². The van der Waals surface area contributed by atoms with Crippen molar-refractivity contribution < 1.29 is 14.3 Å². The van der Waals surface area contributed by atoms with Crippen LogP contribution < -0.4 is 5.32 Å². The van der Waals surface area contributed by atoms with Crippen LogP contribution in [0.1, 0.15) is 43.5 Å². The van der Waals surface area contributed by atoms with Gasteiger partial charge in [-0.2, -0.15) is 5.10 Å². The highest BCUT2D eigenvalue weighted by atomic mass is 32.1. The summed E-state index contributed by atoms with van der Waals surface area (Å²) in [6, 6.07) is 5.97. The number of nitrogens with zero attached hydrogens (tertiary/aromatic N) is 3. The third-order valence-electron chi connectivity index (χ3n) is 5.50. The number of ether oxygens (including phenoxy) is 2. The van der Waals surface area contributed by atoms with Crippen LogP contribution in [-0.4, -0.2) is 28.0 Å². The molecular formula is C24H28N4O3S. The van der Waals surface area contributed by atoms with E-state index in [9.17, 15) is 4.79 Å². The smallest absolute Gasteiger partial charge is 0.412 e. The van der Waals surface area contributed by atoms with E-state index in [1.807, 2.05) is 36.0 Å². The third kappa shape index (κ3) is 4.55. The lowest BCUT2D eigenvalue weighted by Gasteiger charge is -2.17. The minimum absolute atomic E-state index is 0.186. The van der Waals surface area contributed by atoms with E-state index in [-0.39, 0.29) is 6.61 Å². The molecule has 0 spiro atoms. The number of nitrogens with one attached hydrogen (secondary N) is 1. The largest absolute Gasteiger partial charge is 0.500 e. The molecule has 168 valence electrons. The fourth-order valence-electron chi connectivity index (χ4n) is 3.77. The monoisotopic (exact) mass is 452 g/mol. The van der Waals surface area contributed by atoms with Gasteiger partial charge in [-0.05, 0) is 37.0 Å². The van der Waals surface area contributed by atoms with Crippen molar-refractivity contribution >= 4 is 38.9 Å². The lowest BCUT2D eigenvalue weighted by molar-refractivity contribution is 0.155. The Bertz CT molecular complexity index is 1190. The highest BCUT2D eigenvalue weighted by Gasteiger charge is 2.21. The Morgan fingerprint density at radius 2 is 2.19 bits per heavy atom. The van der Waals surface area contributed by atoms with Crippen molar-refractivity contribution in [2.45, 2.75) is 46.8 Å². The lowest BCUT2D eigenvalue weighted by atomic mass is 9.97. The van der Waals surface area contributed by atoms with E-state index in [4.69, 9.17) is 14.5 Å². The summed E-state index contributed by atoms with van der Waals surface area (Å²) in [4.78, 5) is 17.2. The topological polar surface area (TPSA) is 78.3 Å². The summed E-state index contributed by atoms with van der Waals surface area (Å²) in [6.45, 7) is 7.23. The molecule has 1 N–H and O–H groups in total. The van der Waals surface area contributed by atoms with Gasteiger partial charge in [0.15, 0.2) is 0 Å². The zero-order valence-corrected chi connectivity index (χ0v) is 19.7. The van der Waals surface area contributed by atoms with Crippen LogP contribution in [0.15, 0.2) is 42.3 Å². The number of benzene rings is 1.